The first-order valence-electron chi connectivity index (χ1n) is 7.99. The molecule has 0 atom stereocenters. The summed E-state index contributed by atoms with van der Waals surface area (Å²) >= 11 is 0. The first kappa shape index (κ1) is 18.2. The van der Waals surface area contributed by atoms with Crippen LogP contribution in [0.4, 0.5) is 5.69 Å². The number of benzene rings is 2. The van der Waals surface area contributed by atoms with E-state index in [1.165, 1.54) is 27.4 Å². The second-order valence-corrected chi connectivity index (χ2v) is 5.62. The van der Waals surface area contributed by atoms with Crippen LogP contribution in [0, 0.1) is 6.92 Å². The van der Waals surface area contributed by atoms with Crippen LogP contribution in [0.5, 0.6) is 11.5 Å². The summed E-state index contributed by atoms with van der Waals surface area (Å²) < 4.78 is 20.7. The number of carbonyl (C=O) groups is 2. The van der Waals surface area contributed by atoms with Gasteiger partial charge in [0.05, 0.1) is 32.6 Å². The molecule has 3 rings (SSSR count). The Morgan fingerprint density at radius 1 is 1.00 bits per heavy atom. The second-order valence-electron chi connectivity index (χ2n) is 5.62. The first-order chi connectivity index (χ1) is 13.0. The highest BCUT2D eigenvalue weighted by atomic mass is 16.5. The van der Waals surface area contributed by atoms with Gasteiger partial charge < -0.3 is 23.9 Å². The van der Waals surface area contributed by atoms with Crippen LogP contribution in [0.1, 0.15) is 26.6 Å². The summed E-state index contributed by atoms with van der Waals surface area (Å²) in [5.41, 5.74) is 1.72. The highest BCUT2D eigenvalue weighted by Crippen LogP contribution is 2.30. The van der Waals surface area contributed by atoms with Gasteiger partial charge in [-0.1, -0.05) is 0 Å². The van der Waals surface area contributed by atoms with Crippen LogP contribution in [0.3, 0.4) is 0 Å². The Hall–Kier alpha value is -3.55. The molecule has 8 nitrogen and oxygen atoms in total. The van der Waals surface area contributed by atoms with Crippen molar-refractivity contribution < 1.29 is 28.2 Å². The molecule has 3 aromatic rings. The lowest BCUT2D eigenvalue weighted by atomic mass is 10.1. The van der Waals surface area contributed by atoms with Crippen molar-refractivity contribution in [2.75, 3.05) is 26.6 Å². The van der Waals surface area contributed by atoms with Crippen molar-refractivity contribution in [3.8, 4) is 11.5 Å². The lowest BCUT2D eigenvalue weighted by molar-refractivity contribution is 0.0600. The van der Waals surface area contributed by atoms with Crippen molar-refractivity contribution in [3.63, 3.8) is 0 Å². The number of methoxy groups -OCH3 is 3. The van der Waals surface area contributed by atoms with Crippen LogP contribution in [-0.2, 0) is 4.74 Å². The topological polar surface area (TPSA) is 99.9 Å². The van der Waals surface area contributed by atoms with E-state index in [0.29, 0.717) is 39.7 Å². The maximum Gasteiger partial charge on any atom is 0.338 e. The van der Waals surface area contributed by atoms with E-state index in [9.17, 15) is 9.59 Å². The van der Waals surface area contributed by atoms with Crippen molar-refractivity contribution in [3.05, 3.63) is 47.3 Å². The third kappa shape index (κ3) is 3.55. The number of oxazole rings is 1. The highest BCUT2D eigenvalue weighted by Gasteiger charge is 2.18. The number of aromatic nitrogens is 1. The summed E-state index contributed by atoms with van der Waals surface area (Å²) in [5, 5.41) is 2.75. The summed E-state index contributed by atoms with van der Waals surface area (Å²) in [7, 11) is 4.28. The smallest absolute Gasteiger partial charge is 0.338 e. The minimum Gasteiger partial charge on any atom is -0.493 e. The van der Waals surface area contributed by atoms with Gasteiger partial charge in [-0.3, -0.25) is 4.79 Å². The van der Waals surface area contributed by atoms with Gasteiger partial charge in [-0.25, -0.2) is 9.78 Å². The molecule has 0 aliphatic carbocycles. The molecule has 0 saturated carbocycles. The van der Waals surface area contributed by atoms with Gasteiger partial charge >= 0.3 is 5.97 Å². The zero-order chi connectivity index (χ0) is 19.6. The number of rotatable bonds is 5. The average Bonchev–Trinajstić information content (AvgIpc) is 3.07. The molecule has 0 saturated heterocycles. The molecule has 1 N–H and O–H groups in total. The number of carbonyl (C=O) groups excluding carboxylic acids is 2. The third-order valence-electron chi connectivity index (χ3n) is 3.91. The minimum absolute atomic E-state index is 0.251. The van der Waals surface area contributed by atoms with Crippen molar-refractivity contribution >= 4 is 28.7 Å². The zero-order valence-electron chi connectivity index (χ0n) is 15.3. The maximum absolute atomic E-state index is 12.7. The predicted molar refractivity (Wildman–Crippen MR) is 97.6 cm³/mol. The summed E-state index contributed by atoms with van der Waals surface area (Å²) in [6.45, 7) is 1.68. The standard InChI is InChI=1S/C19H18N2O6/c1-10-20-13-7-12(19(23)26-4)8-14(17(13)27-10)21-18(22)11-5-6-15(24-2)16(9-11)25-3/h5-9H,1-4H3,(H,21,22). The number of nitrogens with one attached hydrogen (secondary N) is 1. The van der Waals surface area contributed by atoms with Gasteiger partial charge in [-0.15, -0.1) is 0 Å². The Kier molecular flexibility index (Phi) is 4.98. The van der Waals surface area contributed by atoms with E-state index >= 15 is 0 Å². The number of fused-ring (bicyclic) bond motifs is 1. The molecule has 0 aliphatic heterocycles. The molecule has 2 aromatic carbocycles. The zero-order valence-corrected chi connectivity index (χ0v) is 15.3. The number of hydrogen-bond donors (Lipinski definition) is 1. The van der Waals surface area contributed by atoms with E-state index in [1.54, 1.807) is 31.2 Å². The normalized spacial score (nSPS) is 10.5. The summed E-state index contributed by atoms with van der Waals surface area (Å²) in [4.78, 5) is 28.8. The lowest BCUT2D eigenvalue weighted by Crippen LogP contribution is -2.13. The van der Waals surface area contributed by atoms with Gasteiger partial charge in [0.15, 0.2) is 23.0 Å². The van der Waals surface area contributed by atoms with E-state index in [-0.39, 0.29) is 5.56 Å². The van der Waals surface area contributed by atoms with Crippen LogP contribution in [0.25, 0.3) is 11.1 Å². The van der Waals surface area contributed by atoms with Gasteiger partial charge in [0.1, 0.15) is 5.52 Å². The minimum atomic E-state index is -0.542. The highest BCUT2D eigenvalue weighted by molar-refractivity contribution is 6.09. The Bertz CT molecular complexity index is 1020. The molecule has 1 aromatic heterocycles. The molecular weight excluding hydrogens is 352 g/mol. The van der Waals surface area contributed by atoms with Crippen molar-refractivity contribution in [1.82, 2.24) is 4.98 Å². The van der Waals surface area contributed by atoms with Gasteiger partial charge in [-0.05, 0) is 30.3 Å². The Balaban J connectivity index is 2.00. The molecule has 0 fully saturated rings. The van der Waals surface area contributed by atoms with E-state index in [2.05, 4.69) is 10.3 Å². The lowest BCUT2D eigenvalue weighted by Gasteiger charge is -2.11. The SMILES string of the molecule is COC(=O)c1cc(NC(=O)c2ccc(OC)c(OC)c2)c2oc(C)nc2c1. The Labute approximate surface area is 155 Å². The number of amides is 1. The Morgan fingerprint density at radius 3 is 2.41 bits per heavy atom. The molecule has 8 heteroatoms. The van der Waals surface area contributed by atoms with Crippen molar-refractivity contribution in [2.45, 2.75) is 6.92 Å². The van der Waals surface area contributed by atoms with Gasteiger partial charge in [0.25, 0.3) is 5.91 Å². The van der Waals surface area contributed by atoms with E-state index in [0.717, 1.165) is 0 Å². The van der Waals surface area contributed by atoms with E-state index in [1.807, 2.05) is 0 Å². The molecule has 140 valence electrons. The number of hydrogen-bond acceptors (Lipinski definition) is 7. The number of nitrogens with zero attached hydrogens (tertiary/aromatic N) is 1. The molecule has 0 aliphatic rings. The second kappa shape index (κ2) is 7.36. The fourth-order valence-corrected chi connectivity index (χ4v) is 2.64. The first-order valence-corrected chi connectivity index (χ1v) is 7.99. The van der Waals surface area contributed by atoms with Crippen LogP contribution >= 0.6 is 0 Å². The molecular formula is C19H18N2O6. The fraction of sp³-hybridized carbons (Fsp3) is 0.211. The quantitative estimate of drug-likeness (QED) is 0.688. The molecule has 27 heavy (non-hydrogen) atoms. The Morgan fingerprint density at radius 2 is 1.74 bits per heavy atom. The monoisotopic (exact) mass is 370 g/mol. The van der Waals surface area contributed by atoms with Crippen molar-refractivity contribution in [1.29, 1.82) is 0 Å². The summed E-state index contributed by atoms with van der Waals surface area (Å²) in [6, 6.07) is 7.82. The van der Waals surface area contributed by atoms with Gasteiger partial charge in [-0.2, -0.15) is 0 Å². The summed E-state index contributed by atoms with van der Waals surface area (Å²) in [5.74, 6) is 0.394. The third-order valence-corrected chi connectivity index (χ3v) is 3.91. The largest absolute Gasteiger partial charge is 0.493 e. The molecule has 0 bridgehead atoms. The molecule has 1 amide bonds. The van der Waals surface area contributed by atoms with Crippen LogP contribution in [0.2, 0.25) is 0 Å². The molecule has 0 spiro atoms. The molecule has 0 radical (unpaired) electrons. The van der Waals surface area contributed by atoms with Gasteiger partial charge in [0, 0.05) is 12.5 Å². The van der Waals surface area contributed by atoms with Crippen LogP contribution in [0.15, 0.2) is 34.7 Å². The van der Waals surface area contributed by atoms with E-state index < -0.39 is 11.9 Å². The molecule has 0 unspecified atom stereocenters. The number of esters is 1. The number of aryl methyl sites for hydroxylation is 1. The van der Waals surface area contributed by atoms with E-state index in [4.69, 9.17) is 18.6 Å². The van der Waals surface area contributed by atoms with Crippen LogP contribution < -0.4 is 14.8 Å². The predicted octanol–water partition coefficient (Wildman–Crippen LogP) is 3.19. The van der Waals surface area contributed by atoms with Crippen LogP contribution in [-0.4, -0.2) is 38.2 Å². The number of anilines is 1. The summed E-state index contributed by atoms with van der Waals surface area (Å²) in [6.07, 6.45) is 0. The fourth-order valence-electron chi connectivity index (χ4n) is 2.64. The number of ether oxygens (including phenoxy) is 3. The molecule has 1 heterocycles. The van der Waals surface area contributed by atoms with Crippen molar-refractivity contribution in [2.24, 2.45) is 0 Å². The van der Waals surface area contributed by atoms with Gasteiger partial charge in [0.2, 0.25) is 0 Å². The average molecular weight is 370 g/mol. The maximum atomic E-state index is 12.7.